The van der Waals surface area contributed by atoms with E-state index in [-0.39, 0.29) is 29.6 Å². The zero-order valence-corrected chi connectivity index (χ0v) is 18.8. The minimum atomic E-state index is -1.50. The van der Waals surface area contributed by atoms with Crippen molar-refractivity contribution in [3.63, 3.8) is 0 Å². The molecule has 4 aliphatic rings. The fourth-order valence-electron chi connectivity index (χ4n) is 6.01. The van der Waals surface area contributed by atoms with Crippen LogP contribution in [0.5, 0.6) is 0 Å². The van der Waals surface area contributed by atoms with Crippen LogP contribution >= 0.6 is 0 Å². The molecule has 1 saturated carbocycles. The van der Waals surface area contributed by atoms with Crippen molar-refractivity contribution in [1.29, 1.82) is 0 Å². The van der Waals surface area contributed by atoms with Crippen LogP contribution in [0, 0.1) is 5.82 Å². The number of hydrogen-bond acceptors (Lipinski definition) is 6. The lowest BCUT2D eigenvalue weighted by molar-refractivity contribution is -0.191. The molecule has 7 nitrogen and oxygen atoms in total. The zero-order valence-electron chi connectivity index (χ0n) is 18.8. The number of nitrogens with one attached hydrogen (secondary N) is 1. The Hall–Kier alpha value is -2.94. The molecular weight excluding hydrogens is 435 g/mol. The summed E-state index contributed by atoms with van der Waals surface area (Å²) in [7, 11) is 0. The Morgan fingerprint density at radius 3 is 2.76 bits per heavy atom. The molecule has 2 N–H and O–H groups in total. The molecule has 34 heavy (non-hydrogen) atoms. The molecule has 3 fully saturated rings. The average Bonchev–Trinajstić information content (AvgIpc) is 3.17. The van der Waals surface area contributed by atoms with Gasteiger partial charge in [-0.3, -0.25) is 14.8 Å². The first-order chi connectivity index (χ1) is 16.4. The van der Waals surface area contributed by atoms with Crippen LogP contribution in [0.1, 0.15) is 43.4 Å². The van der Waals surface area contributed by atoms with E-state index in [9.17, 15) is 14.3 Å². The van der Waals surface area contributed by atoms with E-state index in [2.05, 4.69) is 21.4 Å². The second-order valence-corrected chi connectivity index (χ2v) is 9.97. The summed E-state index contributed by atoms with van der Waals surface area (Å²) in [4.78, 5) is 20.9. The Morgan fingerprint density at radius 1 is 1.18 bits per heavy atom. The van der Waals surface area contributed by atoms with Gasteiger partial charge in [0.05, 0.1) is 41.7 Å². The molecule has 0 amide bonds. The summed E-state index contributed by atoms with van der Waals surface area (Å²) in [6, 6.07) is 8.83. The highest BCUT2D eigenvalue weighted by molar-refractivity contribution is 5.81. The SMILES string of the molecule is O=c1ccc2ncc(F)c3c2n1C[C@@]3(O)CC12CCC(NC/C=C/c3ccccn3)(CC1)CO2. The van der Waals surface area contributed by atoms with Gasteiger partial charge in [-0.05, 0) is 50.0 Å². The predicted molar refractivity (Wildman–Crippen MR) is 126 cm³/mol. The maximum Gasteiger partial charge on any atom is 0.251 e. The van der Waals surface area contributed by atoms with Crippen LogP contribution in [0.2, 0.25) is 0 Å². The van der Waals surface area contributed by atoms with Crippen molar-refractivity contribution in [2.45, 2.75) is 55.4 Å². The van der Waals surface area contributed by atoms with E-state index in [1.54, 1.807) is 12.3 Å². The number of rotatable bonds is 6. The van der Waals surface area contributed by atoms with Crippen LogP contribution in [0.15, 0.2) is 53.6 Å². The van der Waals surface area contributed by atoms with Gasteiger partial charge >= 0.3 is 0 Å². The van der Waals surface area contributed by atoms with Crippen LogP contribution in [0.25, 0.3) is 17.1 Å². The molecule has 1 aliphatic carbocycles. The number of hydrogen-bond donors (Lipinski definition) is 2. The third kappa shape index (κ3) is 3.48. The first kappa shape index (κ1) is 21.6. The number of halogens is 1. The van der Waals surface area contributed by atoms with E-state index in [1.807, 2.05) is 24.3 Å². The van der Waals surface area contributed by atoms with Crippen LogP contribution in [0.4, 0.5) is 4.39 Å². The van der Waals surface area contributed by atoms with Crippen molar-refractivity contribution >= 4 is 17.1 Å². The summed E-state index contributed by atoms with van der Waals surface area (Å²) in [6.07, 6.45) is 10.6. The first-order valence-electron chi connectivity index (χ1n) is 11.8. The lowest BCUT2D eigenvalue weighted by Crippen LogP contribution is -2.63. The van der Waals surface area contributed by atoms with Gasteiger partial charge in [0.2, 0.25) is 0 Å². The molecule has 1 atom stereocenters. The molecular formula is C26H27FN4O3. The highest BCUT2D eigenvalue weighted by Gasteiger charge is 2.54. The average molecular weight is 463 g/mol. The highest BCUT2D eigenvalue weighted by atomic mass is 19.1. The Morgan fingerprint density at radius 2 is 2.03 bits per heavy atom. The van der Waals surface area contributed by atoms with Gasteiger partial charge in [-0.25, -0.2) is 4.39 Å². The summed E-state index contributed by atoms with van der Waals surface area (Å²) in [5.74, 6) is -0.578. The molecule has 2 bridgehead atoms. The van der Waals surface area contributed by atoms with E-state index in [1.165, 1.54) is 10.6 Å². The van der Waals surface area contributed by atoms with Crippen molar-refractivity contribution in [3.8, 4) is 0 Å². The van der Waals surface area contributed by atoms with Crippen LogP contribution < -0.4 is 10.9 Å². The van der Waals surface area contributed by atoms with E-state index in [4.69, 9.17) is 4.74 Å². The molecule has 6 heterocycles. The van der Waals surface area contributed by atoms with E-state index in [0.717, 1.165) is 44.1 Å². The number of ether oxygens (including phenoxy) is 1. The molecule has 2 saturated heterocycles. The van der Waals surface area contributed by atoms with Gasteiger partial charge in [-0.1, -0.05) is 12.1 Å². The fraction of sp³-hybridized carbons (Fsp3) is 0.423. The predicted octanol–water partition coefficient (Wildman–Crippen LogP) is 2.91. The monoisotopic (exact) mass is 462 g/mol. The summed E-state index contributed by atoms with van der Waals surface area (Å²) in [5, 5.41) is 15.4. The van der Waals surface area contributed by atoms with Gasteiger partial charge in [-0.15, -0.1) is 0 Å². The minimum absolute atomic E-state index is 0.0218. The fourth-order valence-corrected chi connectivity index (χ4v) is 6.01. The van der Waals surface area contributed by atoms with Gasteiger partial charge in [-0.2, -0.15) is 0 Å². The Labute approximate surface area is 196 Å². The smallest absolute Gasteiger partial charge is 0.251 e. The Balaban J connectivity index is 1.17. The second kappa shape index (κ2) is 7.80. The molecule has 176 valence electrons. The molecule has 0 unspecified atom stereocenters. The summed E-state index contributed by atoms with van der Waals surface area (Å²) < 4.78 is 22.8. The van der Waals surface area contributed by atoms with Gasteiger partial charge in [0.25, 0.3) is 5.56 Å². The normalized spacial score (nSPS) is 29.9. The van der Waals surface area contributed by atoms with E-state index < -0.39 is 17.0 Å². The Bertz CT molecular complexity index is 1310. The number of pyridine rings is 3. The molecule has 3 aliphatic heterocycles. The summed E-state index contributed by atoms with van der Waals surface area (Å²) >= 11 is 0. The molecule has 0 radical (unpaired) electrons. The van der Waals surface area contributed by atoms with Crippen LogP contribution in [-0.2, 0) is 16.9 Å². The third-order valence-corrected chi connectivity index (χ3v) is 7.80. The van der Waals surface area contributed by atoms with Crippen LogP contribution in [0.3, 0.4) is 0 Å². The zero-order chi connectivity index (χ0) is 23.4. The maximum absolute atomic E-state index is 14.9. The molecule has 3 aromatic rings. The van der Waals surface area contributed by atoms with Gasteiger partial charge in [0.15, 0.2) is 0 Å². The third-order valence-electron chi connectivity index (χ3n) is 7.80. The maximum atomic E-state index is 14.9. The molecule has 0 spiro atoms. The van der Waals surface area contributed by atoms with Crippen molar-refractivity contribution in [2.24, 2.45) is 0 Å². The molecule has 0 aromatic carbocycles. The molecule has 8 heteroatoms. The van der Waals surface area contributed by atoms with Gasteiger partial charge in [0.1, 0.15) is 11.4 Å². The summed E-state index contributed by atoms with van der Waals surface area (Å²) in [6.45, 7) is 1.28. The molecule has 3 aromatic heterocycles. The lowest BCUT2D eigenvalue weighted by Gasteiger charge is -2.55. The van der Waals surface area contributed by atoms with Crippen molar-refractivity contribution in [2.75, 3.05) is 13.2 Å². The quantitative estimate of drug-likeness (QED) is 0.586. The van der Waals surface area contributed by atoms with Crippen molar-refractivity contribution in [1.82, 2.24) is 19.9 Å². The van der Waals surface area contributed by atoms with Crippen LogP contribution in [-0.4, -0.2) is 43.9 Å². The second-order valence-electron chi connectivity index (χ2n) is 9.97. The first-order valence-corrected chi connectivity index (χ1v) is 11.8. The number of aliphatic hydroxyl groups is 1. The van der Waals surface area contributed by atoms with Gasteiger partial charge in [0, 0.05) is 36.3 Å². The van der Waals surface area contributed by atoms with Gasteiger partial charge < -0.3 is 19.7 Å². The molecule has 7 rings (SSSR count). The lowest BCUT2D eigenvalue weighted by atomic mass is 9.67. The van der Waals surface area contributed by atoms with Crippen molar-refractivity contribution in [3.05, 3.63) is 76.2 Å². The highest BCUT2D eigenvalue weighted by Crippen LogP contribution is 2.51. The Kier molecular flexibility index (Phi) is 4.95. The van der Waals surface area contributed by atoms with E-state index in [0.29, 0.717) is 17.6 Å². The van der Waals surface area contributed by atoms with Crippen molar-refractivity contribution < 1.29 is 14.2 Å². The number of fused-ring (bicyclic) bond motifs is 3. The topological polar surface area (TPSA) is 89.3 Å². The number of aromatic nitrogens is 3. The summed E-state index contributed by atoms with van der Waals surface area (Å²) in [5.41, 5.74) is -0.382. The standard InChI is InChI=1S/C26H27FN4O3/c27-19-14-29-20-6-7-21(32)31-16-26(33,22(19)23(20)31)15-25-10-8-24(9-11-25,17-34-25)30-13-3-5-18-4-1-2-12-28-18/h1-7,12,14,30,33H,8-11,13,15-17H2/b5-3+/t24?,25?,26-/m0/s1. The minimum Gasteiger partial charge on any atom is -0.383 e. The van der Waals surface area contributed by atoms with E-state index >= 15 is 0 Å². The number of nitrogens with zero attached hydrogens (tertiary/aromatic N) is 3. The largest absolute Gasteiger partial charge is 0.383 e.